The minimum absolute atomic E-state index is 0.00166. The first-order valence-electron chi connectivity index (χ1n) is 4.57. The quantitative estimate of drug-likeness (QED) is 0.728. The van der Waals surface area contributed by atoms with Crippen LogP contribution >= 0.6 is 11.3 Å². The maximum atomic E-state index is 11.4. The van der Waals surface area contributed by atoms with Gasteiger partial charge in [-0.05, 0) is 13.0 Å². The smallest absolute Gasteiger partial charge is 0.179 e. The molecule has 4 heteroatoms. The van der Waals surface area contributed by atoms with Crippen LogP contribution in [0.5, 0.6) is 0 Å². The van der Waals surface area contributed by atoms with E-state index in [-0.39, 0.29) is 5.78 Å². The summed E-state index contributed by atoms with van der Waals surface area (Å²) < 4.78 is 0. The van der Waals surface area contributed by atoms with Crippen molar-refractivity contribution >= 4 is 17.1 Å². The number of aryl methyl sites for hydroxylation is 1. The molecule has 0 unspecified atom stereocenters. The van der Waals surface area contributed by atoms with E-state index in [4.69, 9.17) is 0 Å². The second-order valence-corrected chi connectivity index (χ2v) is 4.41. The van der Waals surface area contributed by atoms with Gasteiger partial charge in [0.05, 0.1) is 9.88 Å². The molecule has 15 heavy (non-hydrogen) atoms. The predicted molar refractivity (Wildman–Crippen MR) is 60.1 cm³/mol. The molecule has 0 saturated heterocycles. The molecule has 0 aliphatic carbocycles. The van der Waals surface area contributed by atoms with E-state index in [1.807, 2.05) is 19.1 Å². The summed E-state index contributed by atoms with van der Waals surface area (Å²) in [6, 6.07) is 3.79. The number of carbonyl (C=O) groups excluding carboxylic acids is 1. The highest BCUT2D eigenvalue weighted by atomic mass is 32.1. The van der Waals surface area contributed by atoms with Gasteiger partial charge in [0.1, 0.15) is 5.69 Å². The number of rotatable bonds is 2. The Kier molecular flexibility index (Phi) is 2.60. The molecule has 0 radical (unpaired) electrons. The lowest BCUT2D eigenvalue weighted by atomic mass is 10.2. The van der Waals surface area contributed by atoms with Gasteiger partial charge in [-0.1, -0.05) is 6.07 Å². The molecule has 3 nitrogen and oxygen atoms in total. The summed E-state index contributed by atoms with van der Waals surface area (Å²) in [5.41, 5.74) is 1.50. The van der Waals surface area contributed by atoms with Gasteiger partial charge >= 0.3 is 0 Å². The van der Waals surface area contributed by atoms with Crippen molar-refractivity contribution in [1.82, 2.24) is 9.97 Å². The van der Waals surface area contributed by atoms with Crippen LogP contribution in [0, 0.1) is 6.92 Å². The summed E-state index contributed by atoms with van der Waals surface area (Å²) in [5, 5.41) is 0.902. The molecule has 2 heterocycles. The summed E-state index contributed by atoms with van der Waals surface area (Å²) in [4.78, 5) is 20.6. The minimum Gasteiger partial charge on any atom is -0.293 e. The highest BCUT2D eigenvalue weighted by Crippen LogP contribution is 2.29. The molecule has 0 aliphatic heterocycles. The third kappa shape index (κ3) is 1.94. The largest absolute Gasteiger partial charge is 0.293 e. The number of carbonyl (C=O) groups is 1. The van der Waals surface area contributed by atoms with Gasteiger partial charge in [0.25, 0.3) is 0 Å². The molecule has 2 aromatic rings. The first kappa shape index (κ1) is 9.98. The van der Waals surface area contributed by atoms with Gasteiger partial charge in [-0.3, -0.25) is 9.78 Å². The van der Waals surface area contributed by atoms with Crippen LogP contribution < -0.4 is 0 Å². The van der Waals surface area contributed by atoms with E-state index in [0.717, 1.165) is 15.4 Å². The van der Waals surface area contributed by atoms with Gasteiger partial charge < -0.3 is 0 Å². The Morgan fingerprint density at radius 3 is 2.87 bits per heavy atom. The number of Topliss-reactive ketones (excluding diaryl/α,β-unsaturated/α-hetero) is 1. The fraction of sp³-hybridized carbons (Fsp3) is 0.182. The molecule has 2 rings (SSSR count). The Hall–Kier alpha value is -1.55. The Labute approximate surface area is 91.8 Å². The highest BCUT2D eigenvalue weighted by Gasteiger charge is 2.14. The second-order valence-electron chi connectivity index (χ2n) is 3.21. The molecular formula is C11H10N2OS. The molecule has 0 atom stereocenters. The first-order chi connectivity index (χ1) is 7.18. The molecule has 0 aromatic carbocycles. The van der Waals surface area contributed by atoms with Gasteiger partial charge in [0, 0.05) is 24.9 Å². The summed E-state index contributed by atoms with van der Waals surface area (Å²) in [6.07, 6.45) is 3.46. The van der Waals surface area contributed by atoms with E-state index in [1.54, 1.807) is 12.4 Å². The monoisotopic (exact) mass is 218 g/mol. The van der Waals surface area contributed by atoms with Crippen molar-refractivity contribution in [1.29, 1.82) is 0 Å². The Morgan fingerprint density at radius 1 is 1.47 bits per heavy atom. The number of nitrogens with zero attached hydrogens (tertiary/aromatic N) is 2. The van der Waals surface area contributed by atoms with E-state index < -0.39 is 0 Å². The molecule has 76 valence electrons. The second kappa shape index (κ2) is 3.90. The Morgan fingerprint density at radius 2 is 2.27 bits per heavy atom. The van der Waals surface area contributed by atoms with E-state index in [2.05, 4.69) is 9.97 Å². The zero-order valence-corrected chi connectivity index (χ0v) is 9.34. The van der Waals surface area contributed by atoms with E-state index in [0.29, 0.717) is 5.69 Å². The van der Waals surface area contributed by atoms with Crippen molar-refractivity contribution in [3.8, 4) is 10.4 Å². The number of pyridine rings is 1. The van der Waals surface area contributed by atoms with Gasteiger partial charge in [0.15, 0.2) is 5.78 Å². The van der Waals surface area contributed by atoms with Gasteiger partial charge in [0.2, 0.25) is 0 Å². The maximum absolute atomic E-state index is 11.4. The van der Waals surface area contributed by atoms with E-state index >= 15 is 0 Å². The fourth-order valence-electron chi connectivity index (χ4n) is 1.36. The van der Waals surface area contributed by atoms with E-state index in [9.17, 15) is 4.79 Å². The van der Waals surface area contributed by atoms with Gasteiger partial charge in [-0.15, -0.1) is 11.3 Å². The lowest BCUT2D eigenvalue weighted by molar-refractivity contribution is 0.101. The molecule has 0 fully saturated rings. The SMILES string of the molecule is CC(=O)c1nc(C)sc1-c1cccnc1. The number of hydrogen-bond donors (Lipinski definition) is 0. The summed E-state index contributed by atoms with van der Waals surface area (Å²) >= 11 is 1.52. The summed E-state index contributed by atoms with van der Waals surface area (Å²) in [5.74, 6) is -0.00166. The Balaban J connectivity index is 2.58. The molecule has 2 aromatic heterocycles. The topological polar surface area (TPSA) is 42.9 Å². The van der Waals surface area contributed by atoms with Crippen LogP contribution in [0.2, 0.25) is 0 Å². The van der Waals surface area contributed by atoms with Gasteiger partial charge in [-0.25, -0.2) is 4.98 Å². The molecule has 0 N–H and O–H groups in total. The zero-order chi connectivity index (χ0) is 10.8. The number of hydrogen-bond acceptors (Lipinski definition) is 4. The minimum atomic E-state index is -0.00166. The lowest BCUT2D eigenvalue weighted by Gasteiger charge is -1.97. The van der Waals surface area contributed by atoms with Crippen molar-refractivity contribution in [2.45, 2.75) is 13.8 Å². The predicted octanol–water partition coefficient (Wildman–Crippen LogP) is 2.72. The maximum Gasteiger partial charge on any atom is 0.179 e. The molecule has 0 aliphatic rings. The Bertz CT molecular complexity index is 491. The van der Waals surface area contributed by atoms with Crippen LogP contribution in [-0.4, -0.2) is 15.8 Å². The number of ketones is 1. The van der Waals surface area contributed by atoms with Gasteiger partial charge in [-0.2, -0.15) is 0 Å². The van der Waals surface area contributed by atoms with Crippen LogP contribution in [0.1, 0.15) is 22.4 Å². The van der Waals surface area contributed by atoms with Crippen molar-refractivity contribution in [2.24, 2.45) is 0 Å². The van der Waals surface area contributed by atoms with Crippen LogP contribution in [0.25, 0.3) is 10.4 Å². The fourth-order valence-corrected chi connectivity index (χ4v) is 2.32. The molecule has 0 amide bonds. The van der Waals surface area contributed by atoms with Crippen molar-refractivity contribution in [2.75, 3.05) is 0 Å². The van der Waals surface area contributed by atoms with E-state index in [1.165, 1.54) is 18.3 Å². The molecular weight excluding hydrogens is 208 g/mol. The van der Waals surface area contributed by atoms with Crippen LogP contribution in [0.4, 0.5) is 0 Å². The first-order valence-corrected chi connectivity index (χ1v) is 5.39. The third-order valence-corrected chi connectivity index (χ3v) is 3.01. The number of thiazole rings is 1. The lowest BCUT2D eigenvalue weighted by Crippen LogP contribution is -1.94. The average Bonchev–Trinajstić information content (AvgIpc) is 2.62. The normalized spacial score (nSPS) is 10.3. The molecule has 0 bridgehead atoms. The van der Waals surface area contributed by atoms with Crippen LogP contribution in [-0.2, 0) is 0 Å². The summed E-state index contributed by atoms with van der Waals surface area (Å²) in [6.45, 7) is 3.44. The summed E-state index contributed by atoms with van der Waals surface area (Å²) in [7, 11) is 0. The van der Waals surface area contributed by atoms with Crippen LogP contribution in [0.15, 0.2) is 24.5 Å². The standard InChI is InChI=1S/C11H10N2OS/c1-7(14)10-11(15-8(2)13-10)9-4-3-5-12-6-9/h3-6H,1-2H3. The zero-order valence-electron chi connectivity index (χ0n) is 8.52. The van der Waals surface area contributed by atoms with Crippen LogP contribution in [0.3, 0.4) is 0 Å². The third-order valence-electron chi connectivity index (χ3n) is 1.99. The molecule has 0 spiro atoms. The average molecular weight is 218 g/mol. The van der Waals surface area contributed by atoms with Crippen molar-refractivity contribution in [3.05, 3.63) is 35.2 Å². The van der Waals surface area contributed by atoms with Crippen molar-refractivity contribution in [3.63, 3.8) is 0 Å². The highest BCUT2D eigenvalue weighted by molar-refractivity contribution is 7.15. The van der Waals surface area contributed by atoms with Crippen molar-refractivity contribution < 1.29 is 4.79 Å². The molecule has 0 saturated carbocycles. The number of aromatic nitrogens is 2.